The zero-order chi connectivity index (χ0) is 17.9. The van der Waals surface area contributed by atoms with Crippen LogP contribution in [0.1, 0.15) is 18.2 Å². The van der Waals surface area contributed by atoms with E-state index >= 15 is 0 Å². The van der Waals surface area contributed by atoms with Crippen LogP contribution in [0.4, 0.5) is 19.1 Å². The maximum absolute atomic E-state index is 12.6. The number of aryl methyl sites for hydroxylation is 1. The predicted molar refractivity (Wildman–Crippen MR) is 81.4 cm³/mol. The smallest absolute Gasteiger partial charge is 0.416 e. The Morgan fingerprint density at radius 3 is 2.50 bits per heavy atom. The van der Waals surface area contributed by atoms with Gasteiger partial charge >= 0.3 is 6.18 Å². The van der Waals surface area contributed by atoms with Crippen LogP contribution in [0.5, 0.6) is 5.75 Å². The van der Waals surface area contributed by atoms with Gasteiger partial charge in [0.1, 0.15) is 11.4 Å². The fraction of sp³-hybridized carbons (Fsp3) is 0.400. The topological polar surface area (TPSA) is 91.2 Å². The predicted octanol–water partition coefficient (Wildman–Crippen LogP) is 2.61. The van der Waals surface area contributed by atoms with Crippen LogP contribution in [-0.2, 0) is 6.18 Å². The fourth-order valence-corrected chi connectivity index (χ4v) is 1.97. The number of nitrogens with zero attached hydrogens (tertiary/aromatic N) is 3. The molecule has 1 atom stereocenters. The van der Waals surface area contributed by atoms with Gasteiger partial charge in [-0.1, -0.05) is 6.92 Å². The molecule has 0 aliphatic heterocycles. The maximum atomic E-state index is 12.6. The molecule has 1 aromatic heterocycles. The SMILES string of the molecule is Cc1nc(NC[C@H](C)CO)nnc1-c1ccc(C(F)(F)F)cc1O. The van der Waals surface area contributed by atoms with E-state index in [2.05, 4.69) is 20.5 Å². The van der Waals surface area contributed by atoms with Gasteiger partial charge in [0, 0.05) is 18.7 Å². The van der Waals surface area contributed by atoms with Crippen LogP contribution in [-0.4, -0.2) is 38.5 Å². The number of halogens is 3. The van der Waals surface area contributed by atoms with Crippen molar-refractivity contribution < 1.29 is 23.4 Å². The van der Waals surface area contributed by atoms with E-state index in [0.29, 0.717) is 18.3 Å². The van der Waals surface area contributed by atoms with Gasteiger partial charge < -0.3 is 15.5 Å². The van der Waals surface area contributed by atoms with Crippen molar-refractivity contribution >= 4 is 5.95 Å². The van der Waals surface area contributed by atoms with E-state index in [4.69, 9.17) is 5.11 Å². The van der Waals surface area contributed by atoms with Crippen molar-refractivity contribution in [2.45, 2.75) is 20.0 Å². The van der Waals surface area contributed by atoms with Crippen LogP contribution < -0.4 is 5.32 Å². The van der Waals surface area contributed by atoms with Gasteiger partial charge in [0.05, 0.1) is 11.3 Å². The van der Waals surface area contributed by atoms with Gasteiger partial charge in [-0.05, 0) is 31.0 Å². The zero-order valence-electron chi connectivity index (χ0n) is 13.1. The summed E-state index contributed by atoms with van der Waals surface area (Å²) < 4.78 is 37.9. The van der Waals surface area contributed by atoms with Crippen LogP contribution in [0.2, 0.25) is 0 Å². The molecule has 130 valence electrons. The lowest BCUT2D eigenvalue weighted by molar-refractivity contribution is -0.137. The van der Waals surface area contributed by atoms with Gasteiger partial charge in [-0.15, -0.1) is 10.2 Å². The minimum Gasteiger partial charge on any atom is -0.507 e. The van der Waals surface area contributed by atoms with Gasteiger partial charge in [0.2, 0.25) is 5.95 Å². The molecule has 0 aliphatic rings. The molecule has 2 rings (SSSR count). The number of aromatic hydroxyl groups is 1. The van der Waals surface area contributed by atoms with Crippen molar-refractivity contribution in [1.82, 2.24) is 15.2 Å². The molecule has 3 N–H and O–H groups in total. The summed E-state index contributed by atoms with van der Waals surface area (Å²) >= 11 is 0. The number of aliphatic hydroxyl groups excluding tert-OH is 1. The average molecular weight is 342 g/mol. The van der Waals surface area contributed by atoms with E-state index in [0.717, 1.165) is 12.1 Å². The van der Waals surface area contributed by atoms with Crippen LogP contribution >= 0.6 is 0 Å². The quantitative estimate of drug-likeness (QED) is 0.774. The molecular formula is C15H17F3N4O2. The number of hydrogen-bond acceptors (Lipinski definition) is 6. The summed E-state index contributed by atoms with van der Waals surface area (Å²) in [6.45, 7) is 3.91. The first-order valence-electron chi connectivity index (χ1n) is 7.19. The summed E-state index contributed by atoms with van der Waals surface area (Å²) in [4.78, 5) is 4.17. The highest BCUT2D eigenvalue weighted by Crippen LogP contribution is 2.36. The van der Waals surface area contributed by atoms with Crippen molar-refractivity contribution in [3.05, 3.63) is 29.5 Å². The molecule has 0 amide bonds. The Kier molecular flexibility index (Phi) is 5.23. The molecule has 1 aromatic carbocycles. The Morgan fingerprint density at radius 2 is 1.96 bits per heavy atom. The van der Waals surface area contributed by atoms with Crippen molar-refractivity contribution in [3.63, 3.8) is 0 Å². The van der Waals surface area contributed by atoms with Crippen molar-refractivity contribution in [2.24, 2.45) is 5.92 Å². The normalized spacial score (nSPS) is 12.9. The number of rotatable bonds is 5. The third-order valence-electron chi connectivity index (χ3n) is 3.36. The molecule has 24 heavy (non-hydrogen) atoms. The molecule has 0 fully saturated rings. The second-order valence-electron chi connectivity index (χ2n) is 5.47. The Morgan fingerprint density at radius 1 is 1.25 bits per heavy atom. The van der Waals surface area contributed by atoms with E-state index in [1.165, 1.54) is 0 Å². The van der Waals surface area contributed by atoms with Crippen LogP contribution in [0.25, 0.3) is 11.3 Å². The Labute approximate surface area is 136 Å². The first-order chi connectivity index (χ1) is 11.2. The Bertz CT molecular complexity index is 722. The van der Waals surface area contributed by atoms with E-state index < -0.39 is 17.5 Å². The van der Waals surface area contributed by atoms with Crippen molar-refractivity contribution in [2.75, 3.05) is 18.5 Å². The average Bonchev–Trinajstić information content (AvgIpc) is 2.52. The molecule has 0 saturated carbocycles. The number of alkyl halides is 3. The third kappa shape index (κ3) is 4.10. The number of benzene rings is 1. The van der Waals surface area contributed by atoms with E-state index in [9.17, 15) is 18.3 Å². The minimum absolute atomic E-state index is 0.00698. The van der Waals surface area contributed by atoms with E-state index in [-0.39, 0.29) is 29.7 Å². The van der Waals surface area contributed by atoms with Gasteiger partial charge in [-0.3, -0.25) is 0 Å². The molecule has 0 unspecified atom stereocenters. The number of phenols is 1. The van der Waals surface area contributed by atoms with Crippen LogP contribution in [0.15, 0.2) is 18.2 Å². The molecule has 0 bridgehead atoms. The molecule has 6 nitrogen and oxygen atoms in total. The summed E-state index contributed by atoms with van der Waals surface area (Å²) in [5.74, 6) is -0.297. The summed E-state index contributed by atoms with van der Waals surface area (Å²) in [5, 5.41) is 29.5. The minimum atomic E-state index is -4.54. The highest BCUT2D eigenvalue weighted by Gasteiger charge is 2.31. The van der Waals surface area contributed by atoms with Crippen molar-refractivity contribution in [1.29, 1.82) is 0 Å². The lowest BCUT2D eigenvalue weighted by atomic mass is 10.1. The lowest BCUT2D eigenvalue weighted by Gasteiger charge is -2.12. The first kappa shape index (κ1) is 17.9. The number of anilines is 1. The fourth-order valence-electron chi connectivity index (χ4n) is 1.97. The van der Waals surface area contributed by atoms with E-state index in [1.54, 1.807) is 6.92 Å². The molecule has 0 spiro atoms. The Balaban J connectivity index is 2.27. The molecule has 0 radical (unpaired) electrons. The number of nitrogens with one attached hydrogen (secondary N) is 1. The lowest BCUT2D eigenvalue weighted by Crippen LogP contribution is -2.16. The summed E-state index contributed by atoms with van der Waals surface area (Å²) in [5.41, 5.74) is -0.226. The number of aromatic nitrogens is 3. The molecular weight excluding hydrogens is 325 g/mol. The van der Waals surface area contributed by atoms with E-state index in [1.807, 2.05) is 6.92 Å². The van der Waals surface area contributed by atoms with Gasteiger partial charge in [-0.25, -0.2) is 4.98 Å². The summed E-state index contributed by atoms with van der Waals surface area (Å²) in [7, 11) is 0. The number of aliphatic hydroxyl groups is 1. The zero-order valence-corrected chi connectivity index (χ0v) is 13.1. The largest absolute Gasteiger partial charge is 0.507 e. The maximum Gasteiger partial charge on any atom is 0.416 e. The van der Waals surface area contributed by atoms with Gasteiger partial charge in [-0.2, -0.15) is 13.2 Å². The summed E-state index contributed by atoms with van der Waals surface area (Å²) in [6.07, 6.45) is -4.54. The molecule has 1 heterocycles. The first-order valence-corrected chi connectivity index (χ1v) is 7.19. The summed E-state index contributed by atoms with van der Waals surface area (Å²) in [6, 6.07) is 2.65. The molecule has 2 aromatic rings. The number of phenolic OH excluding ortho intramolecular Hbond substituents is 1. The van der Waals surface area contributed by atoms with Crippen molar-refractivity contribution in [3.8, 4) is 17.0 Å². The molecule has 0 saturated heterocycles. The van der Waals surface area contributed by atoms with Gasteiger partial charge in [0.15, 0.2) is 0 Å². The van der Waals surface area contributed by atoms with Crippen LogP contribution in [0, 0.1) is 12.8 Å². The van der Waals surface area contributed by atoms with Gasteiger partial charge in [0.25, 0.3) is 0 Å². The molecule has 0 aliphatic carbocycles. The standard InChI is InChI=1S/C15H17F3N4O2/c1-8(7-23)6-19-14-20-9(2)13(21-22-14)11-4-3-10(5-12(11)24)15(16,17)18/h3-5,8,23-24H,6-7H2,1-2H3,(H,19,20,22)/t8-/m0/s1. The number of hydrogen-bond donors (Lipinski definition) is 3. The second-order valence-corrected chi connectivity index (χ2v) is 5.47. The highest BCUT2D eigenvalue weighted by molar-refractivity contribution is 5.69. The highest BCUT2D eigenvalue weighted by atomic mass is 19.4. The third-order valence-corrected chi connectivity index (χ3v) is 3.36. The molecule has 9 heteroatoms. The van der Waals surface area contributed by atoms with Crippen LogP contribution in [0.3, 0.4) is 0 Å². The Hall–Kier alpha value is -2.42. The second kappa shape index (κ2) is 7.00. The monoisotopic (exact) mass is 342 g/mol.